The number of imidazole rings is 1. The molecule has 45 heavy (non-hydrogen) atoms. The molecule has 10 nitrogen and oxygen atoms in total. The first-order chi connectivity index (χ1) is 21.8. The maximum absolute atomic E-state index is 14.3. The van der Waals surface area contributed by atoms with Gasteiger partial charge < -0.3 is 18.8 Å². The molecule has 0 saturated carbocycles. The van der Waals surface area contributed by atoms with E-state index < -0.39 is 11.8 Å². The summed E-state index contributed by atoms with van der Waals surface area (Å²) in [4.78, 5) is 32.7. The van der Waals surface area contributed by atoms with E-state index in [4.69, 9.17) is 35.7 Å². The number of piperidine rings is 1. The standard InChI is InChI=1S/C34H37FN6O4/c1-21(2)45-34(42)30-11-10-29-33(39-30)41(19-26-14-17-43-26)32(38-29)22(3)40-15-12-23(13-16-40)28-6-5-7-31(37-28)44-20-24-8-9-25(36-4)18-27(24)35/h5-11,18,21-23,26H,12-17,19-20H2,1-3H3/t22-,26-/m0/s1. The number of carbonyl (C=O) groups excluding carboxylic acids is 1. The number of esters is 1. The second-order valence-electron chi connectivity index (χ2n) is 11.9. The predicted octanol–water partition coefficient (Wildman–Crippen LogP) is 6.39. The number of carbonyl (C=O) groups is 1. The quantitative estimate of drug-likeness (QED) is 0.150. The SMILES string of the molecule is [C-]#[N+]c1ccc(COc2cccc(C3CCN([C@@H](C)c4nc5ccc(C(=O)OC(C)C)nc5n4C[C@@H]4CCO4)CC3)n2)c(F)c1. The fraction of sp³-hybridized carbons (Fsp3) is 0.441. The molecule has 1 aromatic carbocycles. The third kappa shape index (κ3) is 6.82. The zero-order valence-corrected chi connectivity index (χ0v) is 25.8. The van der Waals surface area contributed by atoms with Crippen LogP contribution in [-0.2, 0) is 22.6 Å². The van der Waals surface area contributed by atoms with Crippen molar-refractivity contribution in [3.05, 3.63) is 88.5 Å². The summed E-state index contributed by atoms with van der Waals surface area (Å²) in [5.74, 6) is 0.727. The lowest BCUT2D eigenvalue weighted by Crippen LogP contribution is -2.37. The van der Waals surface area contributed by atoms with Gasteiger partial charge in [-0.1, -0.05) is 18.2 Å². The highest BCUT2D eigenvalue weighted by Gasteiger charge is 2.30. The number of hydrogen-bond donors (Lipinski definition) is 0. The van der Waals surface area contributed by atoms with Gasteiger partial charge in [0.1, 0.15) is 23.8 Å². The van der Waals surface area contributed by atoms with Crippen LogP contribution in [0.2, 0.25) is 0 Å². The summed E-state index contributed by atoms with van der Waals surface area (Å²) in [5.41, 5.74) is 3.29. The van der Waals surface area contributed by atoms with Crippen molar-refractivity contribution in [3.8, 4) is 5.88 Å². The first-order valence-corrected chi connectivity index (χ1v) is 15.5. The molecule has 2 atom stereocenters. The molecule has 0 aliphatic carbocycles. The maximum atomic E-state index is 14.3. The molecule has 2 aliphatic heterocycles. The smallest absolute Gasteiger partial charge is 0.357 e. The summed E-state index contributed by atoms with van der Waals surface area (Å²) in [6.45, 7) is 16.0. The molecule has 3 aromatic heterocycles. The van der Waals surface area contributed by atoms with Crippen LogP contribution in [0, 0.1) is 12.4 Å². The molecule has 0 N–H and O–H groups in total. The van der Waals surface area contributed by atoms with Crippen LogP contribution >= 0.6 is 0 Å². The highest BCUT2D eigenvalue weighted by atomic mass is 19.1. The van der Waals surface area contributed by atoms with E-state index in [1.807, 2.05) is 32.0 Å². The third-order valence-corrected chi connectivity index (χ3v) is 8.51. The van der Waals surface area contributed by atoms with Gasteiger partial charge in [0.25, 0.3) is 0 Å². The summed E-state index contributed by atoms with van der Waals surface area (Å²) in [6.07, 6.45) is 2.69. The molecule has 0 unspecified atom stereocenters. The van der Waals surface area contributed by atoms with Gasteiger partial charge >= 0.3 is 5.97 Å². The van der Waals surface area contributed by atoms with E-state index in [0.717, 1.165) is 56.0 Å². The van der Waals surface area contributed by atoms with Crippen LogP contribution in [0.3, 0.4) is 0 Å². The largest absolute Gasteiger partial charge is 0.473 e. The molecule has 5 heterocycles. The lowest BCUT2D eigenvalue weighted by atomic mass is 9.92. The number of fused-ring (bicyclic) bond motifs is 1. The molecule has 2 aliphatic rings. The van der Waals surface area contributed by atoms with Crippen molar-refractivity contribution < 1.29 is 23.4 Å². The molecular weight excluding hydrogens is 575 g/mol. The number of nitrogens with zero attached hydrogens (tertiary/aromatic N) is 6. The van der Waals surface area contributed by atoms with E-state index in [1.54, 1.807) is 24.3 Å². The molecule has 0 amide bonds. The number of aromatic nitrogens is 4. The molecular formula is C34H37FN6O4. The second-order valence-corrected chi connectivity index (χ2v) is 11.9. The minimum Gasteiger partial charge on any atom is -0.473 e. The number of halogens is 1. The topological polar surface area (TPSA) is 96.0 Å². The lowest BCUT2D eigenvalue weighted by molar-refractivity contribution is -0.0595. The Morgan fingerprint density at radius 2 is 1.89 bits per heavy atom. The Hall–Kier alpha value is -4.40. The van der Waals surface area contributed by atoms with E-state index in [0.29, 0.717) is 23.6 Å². The maximum Gasteiger partial charge on any atom is 0.357 e. The molecule has 0 bridgehead atoms. The molecule has 0 radical (unpaired) electrons. The Labute approximate surface area is 262 Å². The van der Waals surface area contributed by atoms with Crippen molar-refractivity contribution in [2.75, 3.05) is 19.7 Å². The fourth-order valence-corrected chi connectivity index (χ4v) is 5.90. The Morgan fingerprint density at radius 3 is 2.58 bits per heavy atom. The third-order valence-electron chi connectivity index (χ3n) is 8.51. The van der Waals surface area contributed by atoms with Crippen LogP contribution in [0.25, 0.3) is 16.0 Å². The van der Waals surface area contributed by atoms with Crippen LogP contribution in [-0.4, -0.2) is 62.3 Å². The normalized spacial score (nSPS) is 18.0. The molecule has 2 saturated heterocycles. The summed E-state index contributed by atoms with van der Waals surface area (Å²) in [5, 5.41) is 0. The van der Waals surface area contributed by atoms with Gasteiger partial charge in [0.15, 0.2) is 17.0 Å². The zero-order chi connectivity index (χ0) is 31.5. The van der Waals surface area contributed by atoms with Gasteiger partial charge in [-0.2, -0.15) is 0 Å². The number of benzene rings is 1. The number of ether oxygens (including phenoxy) is 3. The van der Waals surface area contributed by atoms with Crippen LogP contribution < -0.4 is 4.74 Å². The zero-order valence-electron chi connectivity index (χ0n) is 25.8. The highest BCUT2D eigenvalue weighted by Crippen LogP contribution is 2.33. The van der Waals surface area contributed by atoms with Crippen molar-refractivity contribution >= 4 is 22.8 Å². The predicted molar refractivity (Wildman–Crippen MR) is 166 cm³/mol. The molecule has 4 aromatic rings. The van der Waals surface area contributed by atoms with E-state index in [9.17, 15) is 9.18 Å². The van der Waals surface area contributed by atoms with E-state index in [2.05, 4.69) is 21.2 Å². The minimum absolute atomic E-state index is 0.0260. The Bertz CT molecular complexity index is 1720. The summed E-state index contributed by atoms with van der Waals surface area (Å²) in [6, 6.07) is 13.7. The van der Waals surface area contributed by atoms with Crippen LogP contribution in [0.15, 0.2) is 48.5 Å². The van der Waals surface area contributed by atoms with Crippen molar-refractivity contribution in [1.82, 2.24) is 24.4 Å². The van der Waals surface area contributed by atoms with E-state index in [1.165, 1.54) is 6.07 Å². The molecule has 11 heteroatoms. The summed E-state index contributed by atoms with van der Waals surface area (Å²) < 4.78 is 33.4. The summed E-state index contributed by atoms with van der Waals surface area (Å²) in [7, 11) is 0. The average molecular weight is 613 g/mol. The molecule has 2 fully saturated rings. The van der Waals surface area contributed by atoms with Gasteiger partial charge in [0, 0.05) is 29.8 Å². The van der Waals surface area contributed by atoms with Crippen molar-refractivity contribution in [2.45, 2.75) is 77.4 Å². The van der Waals surface area contributed by atoms with Crippen molar-refractivity contribution in [1.29, 1.82) is 0 Å². The second kappa shape index (κ2) is 13.3. The molecule has 0 spiro atoms. The highest BCUT2D eigenvalue weighted by molar-refractivity contribution is 5.90. The number of likely N-dealkylation sites (tertiary alicyclic amines) is 1. The van der Waals surface area contributed by atoms with E-state index in [-0.39, 0.29) is 42.2 Å². The van der Waals surface area contributed by atoms with Crippen molar-refractivity contribution in [3.63, 3.8) is 0 Å². The van der Waals surface area contributed by atoms with Gasteiger partial charge in [0.05, 0.1) is 31.4 Å². The Balaban J connectivity index is 1.14. The molecule has 234 valence electrons. The fourth-order valence-electron chi connectivity index (χ4n) is 5.90. The Kier molecular flexibility index (Phi) is 9.05. The van der Waals surface area contributed by atoms with Gasteiger partial charge in [-0.05, 0) is 77.4 Å². The number of hydrogen-bond acceptors (Lipinski definition) is 8. The van der Waals surface area contributed by atoms with Crippen LogP contribution in [0.1, 0.15) is 79.6 Å². The first kappa shape index (κ1) is 30.6. The minimum atomic E-state index is -0.459. The van der Waals surface area contributed by atoms with Crippen LogP contribution in [0.5, 0.6) is 5.88 Å². The van der Waals surface area contributed by atoms with Gasteiger partial charge in [-0.3, -0.25) is 4.90 Å². The van der Waals surface area contributed by atoms with Crippen molar-refractivity contribution in [2.24, 2.45) is 0 Å². The monoisotopic (exact) mass is 612 g/mol. The number of rotatable bonds is 10. The van der Waals surface area contributed by atoms with Gasteiger partial charge in [-0.25, -0.2) is 29.0 Å². The summed E-state index contributed by atoms with van der Waals surface area (Å²) >= 11 is 0. The van der Waals surface area contributed by atoms with E-state index >= 15 is 0 Å². The van der Waals surface area contributed by atoms with Gasteiger partial charge in [-0.15, -0.1) is 0 Å². The first-order valence-electron chi connectivity index (χ1n) is 15.5. The van der Waals surface area contributed by atoms with Gasteiger partial charge in [0.2, 0.25) is 5.88 Å². The average Bonchev–Trinajstić information content (AvgIpc) is 3.39. The number of pyridine rings is 2. The molecule has 6 rings (SSSR count). The lowest BCUT2D eigenvalue weighted by Gasteiger charge is -2.36. The van der Waals surface area contributed by atoms with Crippen LogP contribution in [0.4, 0.5) is 10.1 Å². The Morgan fingerprint density at radius 1 is 1.09 bits per heavy atom.